The average molecular weight is 362 g/mol. The fraction of sp³-hybridized carbons (Fsp3) is 0.529. The molecule has 130 valence electrons. The van der Waals surface area contributed by atoms with Crippen molar-refractivity contribution in [1.29, 1.82) is 0 Å². The van der Waals surface area contributed by atoms with Crippen molar-refractivity contribution in [1.82, 2.24) is 10.3 Å². The molecular formula is C17H22N2O4S. The van der Waals surface area contributed by atoms with Gasteiger partial charge in [0.15, 0.2) is 9.84 Å². The van der Waals surface area contributed by atoms with Gasteiger partial charge in [0.25, 0.3) is 5.91 Å². The van der Waals surface area contributed by atoms with Crippen molar-refractivity contribution in [2.24, 2.45) is 0 Å². The summed E-state index contributed by atoms with van der Waals surface area (Å²) in [6.07, 6.45) is -17.1. The summed E-state index contributed by atoms with van der Waals surface area (Å²) < 4.78 is 118. The number of nitrogens with one attached hydrogen (secondary N) is 1. The van der Waals surface area contributed by atoms with Crippen LogP contribution >= 0.6 is 0 Å². The first-order chi connectivity index (χ1) is 15.6. The van der Waals surface area contributed by atoms with Gasteiger partial charge in [0.1, 0.15) is 5.56 Å². The largest absolute Gasteiger partial charge is 0.480 e. The van der Waals surface area contributed by atoms with Crippen LogP contribution in [-0.2, 0) is 9.84 Å². The molecule has 1 aromatic heterocycles. The monoisotopic (exact) mass is 361 g/mol. The highest BCUT2D eigenvalue weighted by Crippen LogP contribution is 2.33. The molecule has 6 nitrogen and oxygen atoms in total. The van der Waals surface area contributed by atoms with E-state index in [9.17, 15) is 13.2 Å². The predicted octanol–water partition coefficient (Wildman–Crippen LogP) is 2.18. The van der Waals surface area contributed by atoms with Gasteiger partial charge in [-0.3, -0.25) is 4.79 Å². The number of methoxy groups -OCH3 is 1. The smallest absolute Gasteiger partial charge is 0.257 e. The number of ether oxygens (including phenoxy) is 1. The summed E-state index contributed by atoms with van der Waals surface area (Å²) >= 11 is 0. The van der Waals surface area contributed by atoms with Gasteiger partial charge in [0.05, 0.1) is 18.9 Å². The molecule has 1 saturated carbocycles. The second-order valence-corrected chi connectivity index (χ2v) is 6.92. The van der Waals surface area contributed by atoms with Crippen LogP contribution < -0.4 is 10.1 Å². The summed E-state index contributed by atoms with van der Waals surface area (Å²) in [6.45, 7) is 0. The molecule has 0 bridgehead atoms. The van der Waals surface area contributed by atoms with Gasteiger partial charge >= 0.3 is 0 Å². The number of amides is 1. The Bertz CT molecular complexity index is 1170. The quantitative estimate of drug-likeness (QED) is 0.888. The van der Waals surface area contributed by atoms with Gasteiger partial charge < -0.3 is 10.1 Å². The summed E-state index contributed by atoms with van der Waals surface area (Å²) in [5.41, 5.74) is -1.14. The molecule has 1 atom stereocenters. The molecule has 7 heteroatoms. The topological polar surface area (TPSA) is 85.4 Å². The van der Waals surface area contributed by atoms with Crippen LogP contribution in [0.15, 0.2) is 23.6 Å². The minimum absolute atomic E-state index is 0.296. The van der Waals surface area contributed by atoms with E-state index in [1.54, 1.807) is 0 Å². The minimum Gasteiger partial charge on any atom is -0.480 e. The van der Waals surface area contributed by atoms with Gasteiger partial charge in [-0.1, -0.05) is 19.1 Å². The van der Waals surface area contributed by atoms with Gasteiger partial charge in [-0.2, -0.15) is 0 Å². The van der Waals surface area contributed by atoms with Gasteiger partial charge in [0, 0.05) is 32.1 Å². The van der Waals surface area contributed by atoms with Crippen LogP contribution in [0, 0.1) is 0 Å². The Balaban J connectivity index is 2.13. The third-order valence-corrected chi connectivity index (χ3v) is 4.70. The van der Waals surface area contributed by atoms with Crippen molar-refractivity contribution in [3.63, 3.8) is 0 Å². The van der Waals surface area contributed by atoms with E-state index in [-0.39, 0.29) is 11.3 Å². The van der Waals surface area contributed by atoms with Gasteiger partial charge in [-0.25, -0.2) is 13.4 Å². The van der Waals surface area contributed by atoms with Crippen molar-refractivity contribution in [2.45, 2.75) is 43.8 Å². The zero-order valence-corrected chi connectivity index (χ0v) is 13.4. The minimum atomic E-state index is -3.69. The molecule has 3 rings (SSSR count). The zero-order valence-electron chi connectivity index (χ0n) is 23.6. The number of carbonyl (C=O) groups excluding carboxylic acids is 1. The molecule has 2 heterocycles. The average Bonchev–Trinajstić information content (AvgIpc) is 3.08. The number of hydrogen-bond donors (Lipinski definition) is 1. The maximum absolute atomic E-state index is 12.7. The molecule has 1 N–H and O–H groups in total. The lowest BCUT2D eigenvalue weighted by Gasteiger charge is -2.22. The van der Waals surface area contributed by atoms with Crippen LogP contribution in [0.3, 0.4) is 0 Å². The normalized spacial score (nSPS) is 41.7. The first kappa shape index (κ1) is 7.99. The van der Waals surface area contributed by atoms with Crippen molar-refractivity contribution < 1.29 is 33.0 Å². The van der Waals surface area contributed by atoms with Crippen LogP contribution in [0.25, 0.3) is 0 Å². The van der Waals surface area contributed by atoms with E-state index >= 15 is 0 Å². The van der Waals surface area contributed by atoms with Crippen molar-refractivity contribution in [2.75, 3.05) is 12.9 Å². The fourth-order valence-corrected chi connectivity index (χ4v) is 3.43. The summed E-state index contributed by atoms with van der Waals surface area (Å²) in [5.74, 6) is -5.22. The first-order valence-electron chi connectivity index (χ1n) is 12.4. The molecule has 1 fully saturated rings. The van der Waals surface area contributed by atoms with Crippen LogP contribution in [0.2, 0.25) is 0 Å². The number of sulfone groups is 1. The number of rotatable bonds is 4. The SMILES string of the molecule is [2H]C1([2H])C([2H])([2H])C([2H])([2H])C([2H])(c2ccc(C(=O)N[C@@H]3C=CS(=O)(=O)C3)c(OC)n2)C([2H])([2H])C1([2H])[2H]. The highest BCUT2D eigenvalue weighted by Gasteiger charge is 2.25. The number of carbonyl (C=O) groups is 1. The fourth-order valence-electron chi connectivity index (χ4n) is 2.20. The Morgan fingerprint density at radius 2 is 2.12 bits per heavy atom. The van der Waals surface area contributed by atoms with E-state index in [2.05, 4.69) is 10.3 Å². The number of pyridine rings is 1. The van der Waals surface area contributed by atoms with Crippen molar-refractivity contribution in [3.05, 3.63) is 34.9 Å². The summed E-state index contributed by atoms with van der Waals surface area (Å²) in [5, 5.41) is 3.35. The van der Waals surface area contributed by atoms with E-state index in [1.165, 1.54) is 6.08 Å². The molecule has 24 heavy (non-hydrogen) atoms. The summed E-state index contributed by atoms with van der Waals surface area (Å²) in [7, 11) is -2.42. The Hall–Kier alpha value is -1.89. The number of hydrogen-bond acceptors (Lipinski definition) is 5. The molecule has 1 aromatic rings. The van der Waals surface area contributed by atoms with Crippen LogP contribution in [-0.4, -0.2) is 38.2 Å². The Labute approximate surface area is 157 Å². The van der Waals surface area contributed by atoms with Crippen LogP contribution in [0.4, 0.5) is 0 Å². The molecule has 1 aliphatic heterocycles. The van der Waals surface area contributed by atoms with E-state index in [4.69, 9.17) is 19.8 Å². The van der Waals surface area contributed by atoms with Gasteiger partial charge in [-0.15, -0.1) is 0 Å². The van der Waals surface area contributed by atoms with Crippen LogP contribution in [0.5, 0.6) is 5.88 Å². The van der Waals surface area contributed by atoms with Crippen molar-refractivity contribution >= 4 is 15.7 Å². The number of aromatic nitrogens is 1. The molecule has 0 spiro atoms. The standard InChI is InChI=1S/C17H22N2O4S/c1-23-17-14(16(20)18-13-9-10-24(21,22)11-13)7-8-15(19-17)12-5-3-2-4-6-12/h7-10,12-13H,2-6,11H2,1H3,(H,18,20)/t13-/m1/s1/i2D2,3D2,4D2,5D2,6D2,12D. The number of nitrogens with zero attached hydrogens (tertiary/aromatic N) is 1. The second-order valence-electron chi connectivity index (χ2n) is 4.99. The Kier molecular flexibility index (Phi) is 2.31. The molecule has 0 aromatic carbocycles. The first-order valence-corrected chi connectivity index (χ1v) is 8.61. The predicted molar refractivity (Wildman–Crippen MR) is 90.8 cm³/mol. The Morgan fingerprint density at radius 3 is 2.75 bits per heavy atom. The lowest BCUT2D eigenvalue weighted by Crippen LogP contribution is -2.35. The van der Waals surface area contributed by atoms with E-state index in [1.807, 2.05) is 0 Å². The maximum atomic E-state index is 12.7. The summed E-state index contributed by atoms with van der Waals surface area (Å²) in [6, 6.07) is 0.942. The molecule has 1 aliphatic carbocycles. The van der Waals surface area contributed by atoms with Crippen LogP contribution in [0.1, 0.15) is 68.9 Å². The van der Waals surface area contributed by atoms with Gasteiger partial charge in [0.2, 0.25) is 5.88 Å². The highest BCUT2D eigenvalue weighted by molar-refractivity contribution is 7.94. The Morgan fingerprint density at radius 1 is 1.38 bits per heavy atom. The van der Waals surface area contributed by atoms with Crippen molar-refractivity contribution in [3.8, 4) is 5.88 Å². The molecule has 0 radical (unpaired) electrons. The summed E-state index contributed by atoms with van der Waals surface area (Å²) in [4.78, 5) is 16.5. The van der Waals surface area contributed by atoms with E-state index < -0.39 is 71.1 Å². The molecule has 2 aliphatic rings. The maximum Gasteiger partial charge on any atom is 0.257 e. The molecule has 0 saturated heterocycles. The second kappa shape index (κ2) is 6.93. The molecule has 0 unspecified atom stereocenters. The van der Waals surface area contributed by atoms with Gasteiger partial charge in [-0.05, 0) is 31.0 Å². The lowest BCUT2D eigenvalue weighted by atomic mass is 9.86. The lowest BCUT2D eigenvalue weighted by molar-refractivity contribution is 0.0944. The highest BCUT2D eigenvalue weighted by atomic mass is 32.2. The van der Waals surface area contributed by atoms with E-state index in [0.29, 0.717) is 0 Å². The third kappa shape index (κ3) is 3.77. The zero-order chi connectivity index (χ0) is 27.0. The molecule has 1 amide bonds. The third-order valence-electron chi connectivity index (χ3n) is 3.30. The van der Waals surface area contributed by atoms with E-state index in [0.717, 1.165) is 24.7 Å². The molecular weight excluding hydrogens is 328 g/mol.